The van der Waals surface area contributed by atoms with Gasteiger partial charge < -0.3 is 9.47 Å². The fourth-order valence-electron chi connectivity index (χ4n) is 1.03. The summed E-state index contributed by atoms with van der Waals surface area (Å²) < 4.78 is 10.3. The Bertz CT molecular complexity index is 268. The van der Waals surface area contributed by atoms with Crippen molar-refractivity contribution in [2.24, 2.45) is 0 Å². The lowest BCUT2D eigenvalue weighted by molar-refractivity contribution is 0.0928. The molecule has 0 aliphatic carbocycles. The highest BCUT2D eigenvalue weighted by atomic mass is 35.5. The van der Waals surface area contributed by atoms with Crippen molar-refractivity contribution >= 4 is 11.6 Å². The SMILES string of the molecule is COCCCOCc1ccnc(Cl)c1. The molecule has 1 rings (SSSR count). The number of halogens is 1. The van der Waals surface area contributed by atoms with Crippen LogP contribution >= 0.6 is 11.6 Å². The van der Waals surface area contributed by atoms with Crippen LogP contribution in [0.5, 0.6) is 0 Å². The first-order chi connectivity index (χ1) is 6.83. The van der Waals surface area contributed by atoms with Crippen LogP contribution in [0.4, 0.5) is 0 Å². The summed E-state index contributed by atoms with van der Waals surface area (Å²) in [4.78, 5) is 3.89. The molecule has 0 saturated heterocycles. The standard InChI is InChI=1S/C10H14ClNO2/c1-13-5-2-6-14-8-9-3-4-12-10(11)7-9/h3-4,7H,2,5-6,8H2,1H3. The van der Waals surface area contributed by atoms with Gasteiger partial charge in [-0.3, -0.25) is 0 Å². The third kappa shape index (κ3) is 4.56. The third-order valence-corrected chi connectivity index (χ3v) is 1.90. The quantitative estimate of drug-likeness (QED) is 0.539. The average molecular weight is 216 g/mol. The van der Waals surface area contributed by atoms with Gasteiger partial charge in [0.1, 0.15) is 5.15 Å². The molecule has 78 valence electrons. The van der Waals surface area contributed by atoms with Gasteiger partial charge in [0, 0.05) is 26.5 Å². The van der Waals surface area contributed by atoms with E-state index in [2.05, 4.69) is 4.98 Å². The summed E-state index contributed by atoms with van der Waals surface area (Å²) in [6.45, 7) is 2.01. The molecule has 14 heavy (non-hydrogen) atoms. The molecule has 1 aromatic rings. The molecule has 1 aromatic heterocycles. The van der Waals surface area contributed by atoms with E-state index in [0.29, 0.717) is 18.4 Å². The highest BCUT2D eigenvalue weighted by Crippen LogP contribution is 2.07. The molecule has 4 heteroatoms. The molecular formula is C10H14ClNO2. The number of nitrogens with zero attached hydrogens (tertiary/aromatic N) is 1. The van der Waals surface area contributed by atoms with E-state index in [1.54, 1.807) is 19.4 Å². The molecule has 0 radical (unpaired) electrons. The van der Waals surface area contributed by atoms with Gasteiger partial charge in [0.2, 0.25) is 0 Å². The zero-order chi connectivity index (χ0) is 10.2. The maximum absolute atomic E-state index is 5.72. The Morgan fingerprint density at radius 2 is 2.29 bits per heavy atom. The highest BCUT2D eigenvalue weighted by Gasteiger charge is 1.95. The molecule has 0 spiro atoms. The zero-order valence-corrected chi connectivity index (χ0v) is 8.96. The van der Waals surface area contributed by atoms with Gasteiger partial charge in [-0.2, -0.15) is 0 Å². The van der Waals surface area contributed by atoms with Gasteiger partial charge in [0.05, 0.1) is 6.61 Å². The van der Waals surface area contributed by atoms with E-state index in [0.717, 1.165) is 18.6 Å². The fraction of sp³-hybridized carbons (Fsp3) is 0.500. The second-order valence-electron chi connectivity index (χ2n) is 2.89. The van der Waals surface area contributed by atoms with Gasteiger partial charge in [-0.15, -0.1) is 0 Å². The Labute approximate surface area is 89.0 Å². The number of pyridine rings is 1. The van der Waals surface area contributed by atoms with Gasteiger partial charge in [-0.25, -0.2) is 4.98 Å². The monoisotopic (exact) mass is 215 g/mol. The van der Waals surface area contributed by atoms with Gasteiger partial charge in [0.25, 0.3) is 0 Å². The van der Waals surface area contributed by atoms with Crippen LogP contribution in [0.2, 0.25) is 5.15 Å². The van der Waals surface area contributed by atoms with Crippen LogP contribution in [0.25, 0.3) is 0 Å². The molecule has 0 atom stereocenters. The molecule has 0 N–H and O–H groups in total. The number of methoxy groups -OCH3 is 1. The summed E-state index contributed by atoms with van der Waals surface area (Å²) in [5.41, 5.74) is 1.04. The van der Waals surface area contributed by atoms with Crippen molar-refractivity contribution in [1.29, 1.82) is 0 Å². The van der Waals surface area contributed by atoms with Crippen LogP contribution in [0.15, 0.2) is 18.3 Å². The van der Waals surface area contributed by atoms with E-state index in [4.69, 9.17) is 21.1 Å². The van der Waals surface area contributed by atoms with Crippen LogP contribution in [0.1, 0.15) is 12.0 Å². The first-order valence-corrected chi connectivity index (χ1v) is 4.88. The van der Waals surface area contributed by atoms with Gasteiger partial charge in [-0.05, 0) is 24.1 Å². The van der Waals surface area contributed by atoms with E-state index in [9.17, 15) is 0 Å². The smallest absolute Gasteiger partial charge is 0.129 e. The van der Waals surface area contributed by atoms with Crippen LogP contribution in [0, 0.1) is 0 Å². The average Bonchev–Trinajstić information content (AvgIpc) is 2.18. The largest absolute Gasteiger partial charge is 0.385 e. The molecule has 3 nitrogen and oxygen atoms in total. The topological polar surface area (TPSA) is 31.4 Å². The van der Waals surface area contributed by atoms with Crippen molar-refractivity contribution in [3.05, 3.63) is 29.0 Å². The van der Waals surface area contributed by atoms with E-state index in [-0.39, 0.29) is 0 Å². The van der Waals surface area contributed by atoms with E-state index >= 15 is 0 Å². The van der Waals surface area contributed by atoms with Crippen molar-refractivity contribution in [3.8, 4) is 0 Å². The van der Waals surface area contributed by atoms with Crippen molar-refractivity contribution in [2.75, 3.05) is 20.3 Å². The van der Waals surface area contributed by atoms with Gasteiger partial charge in [-0.1, -0.05) is 11.6 Å². The zero-order valence-electron chi connectivity index (χ0n) is 8.20. The third-order valence-electron chi connectivity index (χ3n) is 1.70. The van der Waals surface area contributed by atoms with Gasteiger partial charge >= 0.3 is 0 Å². The maximum atomic E-state index is 5.72. The number of ether oxygens (including phenoxy) is 2. The summed E-state index contributed by atoms with van der Waals surface area (Å²) in [5, 5.41) is 0.503. The van der Waals surface area contributed by atoms with Crippen LogP contribution < -0.4 is 0 Å². The molecule has 0 saturated carbocycles. The Kier molecular flexibility index (Phi) is 5.52. The summed E-state index contributed by atoms with van der Waals surface area (Å²) in [7, 11) is 1.68. The minimum absolute atomic E-state index is 0.503. The molecule has 0 unspecified atom stereocenters. The molecule has 1 heterocycles. The number of aromatic nitrogens is 1. The minimum Gasteiger partial charge on any atom is -0.385 e. The van der Waals surface area contributed by atoms with E-state index in [1.807, 2.05) is 6.07 Å². The molecular weight excluding hydrogens is 202 g/mol. The summed E-state index contributed by atoms with van der Waals surface area (Å²) in [5.74, 6) is 0. The van der Waals surface area contributed by atoms with Crippen LogP contribution in [-0.4, -0.2) is 25.3 Å². The Hall–Kier alpha value is -0.640. The van der Waals surface area contributed by atoms with Crippen molar-refractivity contribution in [1.82, 2.24) is 4.98 Å². The maximum Gasteiger partial charge on any atom is 0.129 e. The molecule has 0 aliphatic heterocycles. The second kappa shape index (κ2) is 6.76. The van der Waals surface area contributed by atoms with Crippen LogP contribution in [0.3, 0.4) is 0 Å². The van der Waals surface area contributed by atoms with Gasteiger partial charge in [0.15, 0.2) is 0 Å². The second-order valence-corrected chi connectivity index (χ2v) is 3.27. The molecule has 0 aromatic carbocycles. The number of rotatable bonds is 6. The number of hydrogen-bond donors (Lipinski definition) is 0. The first-order valence-electron chi connectivity index (χ1n) is 4.50. The van der Waals surface area contributed by atoms with E-state index < -0.39 is 0 Å². The minimum atomic E-state index is 0.503. The molecule has 0 aliphatic rings. The van der Waals surface area contributed by atoms with Crippen LogP contribution in [-0.2, 0) is 16.1 Å². The fourth-order valence-corrected chi connectivity index (χ4v) is 1.22. The lowest BCUT2D eigenvalue weighted by Gasteiger charge is -2.03. The predicted molar refractivity (Wildman–Crippen MR) is 55.4 cm³/mol. The summed E-state index contributed by atoms with van der Waals surface area (Å²) >= 11 is 5.72. The Morgan fingerprint density at radius 3 is 3.00 bits per heavy atom. The summed E-state index contributed by atoms with van der Waals surface area (Å²) in [6.07, 6.45) is 2.59. The lowest BCUT2D eigenvalue weighted by Crippen LogP contribution is -1.99. The van der Waals surface area contributed by atoms with Crippen molar-refractivity contribution in [2.45, 2.75) is 13.0 Å². The first kappa shape index (κ1) is 11.4. The summed E-state index contributed by atoms with van der Waals surface area (Å²) in [6, 6.07) is 3.69. The Morgan fingerprint density at radius 1 is 1.43 bits per heavy atom. The molecule has 0 fully saturated rings. The molecule has 0 amide bonds. The van der Waals surface area contributed by atoms with Crippen molar-refractivity contribution in [3.63, 3.8) is 0 Å². The lowest BCUT2D eigenvalue weighted by atomic mass is 10.3. The highest BCUT2D eigenvalue weighted by molar-refractivity contribution is 6.29. The predicted octanol–water partition coefficient (Wildman–Crippen LogP) is 2.29. The molecule has 0 bridgehead atoms. The normalized spacial score (nSPS) is 10.4. The van der Waals surface area contributed by atoms with E-state index in [1.165, 1.54) is 0 Å². The Balaban J connectivity index is 2.18. The number of hydrogen-bond acceptors (Lipinski definition) is 3. The van der Waals surface area contributed by atoms with Crippen molar-refractivity contribution < 1.29 is 9.47 Å².